The summed E-state index contributed by atoms with van der Waals surface area (Å²) < 4.78 is 0. The van der Waals surface area contributed by atoms with Crippen LogP contribution in [0.4, 0.5) is 0 Å². The number of aliphatic hydroxyl groups excluding tert-OH is 1. The number of hydrogen-bond donors (Lipinski definition) is 2. The van der Waals surface area contributed by atoms with E-state index in [4.69, 9.17) is 0 Å². The Labute approximate surface area is 107 Å². The van der Waals surface area contributed by atoms with E-state index in [-0.39, 0.29) is 18.1 Å². The number of rotatable bonds is 3. The zero-order valence-corrected chi connectivity index (χ0v) is 10.7. The number of aromatic nitrogens is 1. The van der Waals surface area contributed by atoms with Crippen molar-refractivity contribution in [1.29, 1.82) is 0 Å². The average molecular weight is 248 g/mol. The van der Waals surface area contributed by atoms with Crippen LogP contribution in [-0.4, -0.2) is 28.1 Å². The van der Waals surface area contributed by atoms with Gasteiger partial charge in [-0.15, -0.1) is 0 Å². The summed E-state index contributed by atoms with van der Waals surface area (Å²) >= 11 is 0. The minimum atomic E-state index is -0.390. The van der Waals surface area contributed by atoms with Gasteiger partial charge >= 0.3 is 0 Å². The zero-order chi connectivity index (χ0) is 13.0. The molecule has 1 saturated carbocycles. The van der Waals surface area contributed by atoms with Crippen molar-refractivity contribution in [2.75, 3.05) is 0 Å². The summed E-state index contributed by atoms with van der Waals surface area (Å²) in [5, 5.41) is 12.7. The molecule has 2 atom stereocenters. The van der Waals surface area contributed by atoms with Gasteiger partial charge in [-0.05, 0) is 31.4 Å². The van der Waals surface area contributed by atoms with Gasteiger partial charge in [0.2, 0.25) is 5.91 Å². The molecular weight excluding hydrogens is 228 g/mol. The van der Waals surface area contributed by atoms with Crippen molar-refractivity contribution in [2.24, 2.45) is 0 Å². The van der Waals surface area contributed by atoms with Gasteiger partial charge in [0.25, 0.3) is 0 Å². The van der Waals surface area contributed by atoms with Gasteiger partial charge in [-0.25, -0.2) is 0 Å². The summed E-state index contributed by atoms with van der Waals surface area (Å²) in [5.74, 6) is -0.0356. The number of amides is 1. The van der Waals surface area contributed by atoms with Gasteiger partial charge in [0.15, 0.2) is 0 Å². The highest BCUT2D eigenvalue weighted by molar-refractivity contribution is 5.78. The molecule has 1 amide bonds. The van der Waals surface area contributed by atoms with E-state index in [1.807, 2.05) is 19.1 Å². The van der Waals surface area contributed by atoms with Crippen molar-refractivity contribution in [3.63, 3.8) is 0 Å². The number of nitrogens with zero attached hydrogens (tertiary/aromatic N) is 1. The topological polar surface area (TPSA) is 62.2 Å². The first-order chi connectivity index (χ1) is 8.65. The Bertz CT molecular complexity index is 403. The Hall–Kier alpha value is -1.42. The Morgan fingerprint density at radius 1 is 1.44 bits per heavy atom. The number of nitrogens with one attached hydrogen (secondary N) is 1. The van der Waals surface area contributed by atoms with E-state index >= 15 is 0 Å². The third-order valence-corrected chi connectivity index (χ3v) is 3.41. The summed E-state index contributed by atoms with van der Waals surface area (Å²) in [4.78, 5) is 16.0. The Balaban J connectivity index is 1.86. The minimum absolute atomic E-state index is 0.0356. The van der Waals surface area contributed by atoms with E-state index in [9.17, 15) is 9.90 Å². The second-order valence-corrected chi connectivity index (χ2v) is 5.01. The summed E-state index contributed by atoms with van der Waals surface area (Å²) in [6, 6.07) is 3.74. The molecule has 0 radical (unpaired) electrons. The lowest BCUT2D eigenvalue weighted by Gasteiger charge is -2.28. The van der Waals surface area contributed by atoms with E-state index in [0.717, 1.165) is 36.9 Å². The van der Waals surface area contributed by atoms with E-state index < -0.39 is 0 Å². The second-order valence-electron chi connectivity index (χ2n) is 5.01. The molecule has 98 valence electrons. The van der Waals surface area contributed by atoms with Gasteiger partial charge in [0.1, 0.15) is 0 Å². The third-order valence-electron chi connectivity index (χ3n) is 3.41. The van der Waals surface area contributed by atoms with Crippen LogP contribution in [0.5, 0.6) is 0 Å². The fourth-order valence-electron chi connectivity index (χ4n) is 2.33. The molecule has 1 aromatic rings. The van der Waals surface area contributed by atoms with Crippen LogP contribution in [0.25, 0.3) is 0 Å². The van der Waals surface area contributed by atoms with Crippen molar-refractivity contribution >= 4 is 5.91 Å². The Kier molecular flexibility index (Phi) is 4.31. The quantitative estimate of drug-likeness (QED) is 0.849. The number of pyridine rings is 1. The molecular formula is C14H20N2O2. The zero-order valence-electron chi connectivity index (χ0n) is 10.7. The molecule has 0 aromatic carbocycles. The van der Waals surface area contributed by atoms with Crippen LogP contribution < -0.4 is 5.32 Å². The van der Waals surface area contributed by atoms with Gasteiger partial charge < -0.3 is 10.4 Å². The molecule has 18 heavy (non-hydrogen) atoms. The molecule has 1 fully saturated rings. The second kappa shape index (κ2) is 5.96. The molecule has 4 nitrogen and oxygen atoms in total. The Morgan fingerprint density at radius 3 is 2.89 bits per heavy atom. The maximum atomic E-state index is 11.9. The lowest BCUT2D eigenvalue weighted by Crippen LogP contribution is -2.45. The van der Waals surface area contributed by atoms with E-state index in [1.165, 1.54) is 0 Å². The molecule has 1 aliphatic carbocycles. The van der Waals surface area contributed by atoms with E-state index in [1.54, 1.807) is 6.20 Å². The van der Waals surface area contributed by atoms with Crippen LogP contribution in [-0.2, 0) is 11.2 Å². The number of carbonyl (C=O) groups is 1. The molecule has 2 rings (SSSR count). The first kappa shape index (κ1) is 13.0. The number of aryl methyl sites for hydroxylation is 1. The van der Waals surface area contributed by atoms with Crippen molar-refractivity contribution in [1.82, 2.24) is 10.3 Å². The van der Waals surface area contributed by atoms with Gasteiger partial charge in [-0.1, -0.05) is 18.9 Å². The van der Waals surface area contributed by atoms with E-state index in [0.29, 0.717) is 6.42 Å². The predicted molar refractivity (Wildman–Crippen MR) is 69.1 cm³/mol. The van der Waals surface area contributed by atoms with Crippen molar-refractivity contribution in [2.45, 2.75) is 51.2 Å². The van der Waals surface area contributed by atoms with Crippen LogP contribution in [0.3, 0.4) is 0 Å². The predicted octanol–water partition coefficient (Wildman–Crippen LogP) is 1.35. The first-order valence-electron chi connectivity index (χ1n) is 6.54. The summed E-state index contributed by atoms with van der Waals surface area (Å²) in [6.45, 7) is 1.92. The highest BCUT2D eigenvalue weighted by atomic mass is 16.3. The van der Waals surface area contributed by atoms with Crippen LogP contribution in [0, 0.1) is 6.92 Å². The molecule has 1 heterocycles. The molecule has 1 aliphatic rings. The monoisotopic (exact) mass is 248 g/mol. The maximum absolute atomic E-state index is 11.9. The van der Waals surface area contributed by atoms with Crippen molar-refractivity contribution in [3.8, 4) is 0 Å². The molecule has 0 spiro atoms. The van der Waals surface area contributed by atoms with Crippen LogP contribution >= 0.6 is 0 Å². The van der Waals surface area contributed by atoms with Gasteiger partial charge in [-0.2, -0.15) is 0 Å². The molecule has 0 aliphatic heterocycles. The normalized spacial score (nSPS) is 23.7. The number of hydrogen-bond acceptors (Lipinski definition) is 3. The first-order valence-corrected chi connectivity index (χ1v) is 6.54. The van der Waals surface area contributed by atoms with Crippen molar-refractivity contribution < 1.29 is 9.90 Å². The Morgan fingerprint density at radius 2 is 2.22 bits per heavy atom. The largest absolute Gasteiger partial charge is 0.391 e. The lowest BCUT2D eigenvalue weighted by molar-refractivity contribution is -0.122. The fourth-order valence-corrected chi connectivity index (χ4v) is 2.33. The molecule has 0 bridgehead atoms. The lowest BCUT2D eigenvalue weighted by atomic mass is 9.92. The number of carbonyl (C=O) groups excluding carboxylic acids is 1. The highest BCUT2D eigenvalue weighted by Crippen LogP contribution is 2.18. The molecule has 2 unspecified atom stereocenters. The third kappa shape index (κ3) is 3.53. The SMILES string of the molecule is Cc1ccc(CC(=O)NC2CCCCC2O)cn1. The van der Waals surface area contributed by atoms with Crippen LogP contribution in [0.15, 0.2) is 18.3 Å². The molecule has 1 aromatic heterocycles. The van der Waals surface area contributed by atoms with Crippen LogP contribution in [0.2, 0.25) is 0 Å². The maximum Gasteiger partial charge on any atom is 0.224 e. The smallest absolute Gasteiger partial charge is 0.224 e. The number of aliphatic hydroxyl groups is 1. The fraction of sp³-hybridized carbons (Fsp3) is 0.571. The molecule has 2 N–H and O–H groups in total. The van der Waals surface area contributed by atoms with Gasteiger partial charge in [0.05, 0.1) is 18.6 Å². The summed E-state index contributed by atoms with van der Waals surface area (Å²) in [7, 11) is 0. The van der Waals surface area contributed by atoms with Crippen LogP contribution in [0.1, 0.15) is 36.9 Å². The minimum Gasteiger partial charge on any atom is -0.391 e. The highest BCUT2D eigenvalue weighted by Gasteiger charge is 2.24. The summed E-state index contributed by atoms with van der Waals surface area (Å²) in [6.07, 6.45) is 5.46. The standard InChI is InChI=1S/C14H20N2O2/c1-10-6-7-11(9-15-10)8-14(18)16-12-4-2-3-5-13(12)17/h6-7,9,12-13,17H,2-5,8H2,1H3,(H,16,18). The summed E-state index contributed by atoms with van der Waals surface area (Å²) in [5.41, 5.74) is 1.85. The van der Waals surface area contributed by atoms with Gasteiger partial charge in [-0.3, -0.25) is 9.78 Å². The molecule has 0 saturated heterocycles. The molecule has 4 heteroatoms. The average Bonchev–Trinajstić information content (AvgIpc) is 2.35. The van der Waals surface area contributed by atoms with Crippen molar-refractivity contribution in [3.05, 3.63) is 29.6 Å². The van der Waals surface area contributed by atoms with E-state index in [2.05, 4.69) is 10.3 Å². The van der Waals surface area contributed by atoms with Gasteiger partial charge in [0, 0.05) is 11.9 Å².